The molecule has 2 N–H and O–H groups in total. The Morgan fingerprint density at radius 3 is 2.57 bits per heavy atom. The van der Waals surface area contributed by atoms with Crippen LogP contribution in [0.15, 0.2) is 40.0 Å². The van der Waals surface area contributed by atoms with E-state index in [-0.39, 0.29) is 5.82 Å². The number of benzene rings is 1. The quantitative estimate of drug-likeness (QED) is 0.550. The van der Waals surface area contributed by atoms with E-state index >= 15 is 0 Å². The summed E-state index contributed by atoms with van der Waals surface area (Å²) in [6, 6.07) is 7.62. The number of likely N-dealkylation sites (N-methyl/N-ethyl adjacent to an activating group) is 1. The van der Waals surface area contributed by atoms with E-state index in [1.54, 1.807) is 17.4 Å². The SMILES string of the molecule is CCNC(=NCc1ccsc1)NCc1ccc(N2CCN(CC)CC2)c(F)c1. The highest BCUT2D eigenvalue weighted by atomic mass is 32.1. The fourth-order valence-corrected chi connectivity index (χ4v) is 3.96. The third kappa shape index (κ3) is 5.69. The van der Waals surface area contributed by atoms with Crippen LogP contribution in [0.25, 0.3) is 0 Å². The number of nitrogens with zero attached hydrogens (tertiary/aromatic N) is 3. The van der Waals surface area contributed by atoms with Crippen LogP contribution in [0, 0.1) is 5.82 Å². The predicted molar refractivity (Wildman–Crippen MR) is 117 cm³/mol. The number of aliphatic imine (C=N–C) groups is 1. The molecule has 7 heteroatoms. The predicted octanol–water partition coefficient (Wildman–Crippen LogP) is 3.28. The monoisotopic (exact) mass is 403 g/mol. The van der Waals surface area contributed by atoms with E-state index in [1.807, 2.05) is 19.1 Å². The number of rotatable bonds is 7. The van der Waals surface area contributed by atoms with Crippen LogP contribution in [0.2, 0.25) is 0 Å². The van der Waals surface area contributed by atoms with Gasteiger partial charge < -0.3 is 20.4 Å². The van der Waals surface area contributed by atoms with Crippen LogP contribution in [0.3, 0.4) is 0 Å². The molecule has 0 aliphatic carbocycles. The van der Waals surface area contributed by atoms with Gasteiger partial charge in [0.25, 0.3) is 0 Å². The first-order valence-corrected chi connectivity index (χ1v) is 10.9. The van der Waals surface area contributed by atoms with Crippen molar-refractivity contribution < 1.29 is 4.39 Å². The van der Waals surface area contributed by atoms with Gasteiger partial charge >= 0.3 is 0 Å². The number of hydrogen-bond donors (Lipinski definition) is 2. The third-order valence-electron chi connectivity index (χ3n) is 4.98. The van der Waals surface area contributed by atoms with E-state index in [9.17, 15) is 4.39 Å². The zero-order valence-electron chi connectivity index (χ0n) is 16.7. The van der Waals surface area contributed by atoms with Crippen molar-refractivity contribution in [3.63, 3.8) is 0 Å². The highest BCUT2D eigenvalue weighted by Crippen LogP contribution is 2.22. The summed E-state index contributed by atoms with van der Waals surface area (Å²) in [5.41, 5.74) is 2.81. The van der Waals surface area contributed by atoms with E-state index in [2.05, 4.69) is 49.2 Å². The average molecular weight is 404 g/mol. The van der Waals surface area contributed by atoms with Crippen molar-refractivity contribution in [2.75, 3.05) is 44.2 Å². The van der Waals surface area contributed by atoms with E-state index in [0.717, 1.165) is 50.8 Å². The Balaban J connectivity index is 1.57. The van der Waals surface area contributed by atoms with Crippen LogP contribution in [-0.2, 0) is 13.1 Å². The van der Waals surface area contributed by atoms with Crippen molar-refractivity contribution in [2.45, 2.75) is 26.9 Å². The van der Waals surface area contributed by atoms with Gasteiger partial charge in [-0.2, -0.15) is 11.3 Å². The molecule has 0 unspecified atom stereocenters. The van der Waals surface area contributed by atoms with Gasteiger partial charge in [0.15, 0.2) is 5.96 Å². The van der Waals surface area contributed by atoms with Gasteiger partial charge in [0.2, 0.25) is 0 Å². The Labute approximate surface area is 171 Å². The topological polar surface area (TPSA) is 42.9 Å². The molecule has 2 aromatic rings. The van der Waals surface area contributed by atoms with Gasteiger partial charge in [-0.3, -0.25) is 0 Å². The molecular formula is C21H30FN5S. The van der Waals surface area contributed by atoms with Gasteiger partial charge in [-0.05, 0) is 53.6 Å². The van der Waals surface area contributed by atoms with Gasteiger partial charge in [0.1, 0.15) is 5.82 Å². The van der Waals surface area contributed by atoms with Crippen molar-refractivity contribution >= 4 is 23.0 Å². The van der Waals surface area contributed by atoms with Gasteiger partial charge in [0, 0.05) is 39.3 Å². The van der Waals surface area contributed by atoms with Crippen LogP contribution in [0.1, 0.15) is 25.0 Å². The van der Waals surface area contributed by atoms with E-state index in [1.165, 1.54) is 5.56 Å². The first-order valence-electron chi connectivity index (χ1n) is 9.98. The van der Waals surface area contributed by atoms with Gasteiger partial charge in [-0.15, -0.1) is 0 Å². The number of piperazine rings is 1. The highest BCUT2D eigenvalue weighted by molar-refractivity contribution is 7.07. The second-order valence-electron chi connectivity index (χ2n) is 6.89. The van der Waals surface area contributed by atoms with Crippen molar-refractivity contribution in [3.05, 3.63) is 52.0 Å². The molecule has 1 fully saturated rings. The fraction of sp³-hybridized carbons (Fsp3) is 0.476. The Bertz CT molecular complexity index is 754. The first-order chi connectivity index (χ1) is 13.7. The second kappa shape index (κ2) is 10.4. The molecule has 1 aromatic carbocycles. The minimum Gasteiger partial charge on any atom is -0.367 e. The second-order valence-corrected chi connectivity index (χ2v) is 7.67. The minimum absolute atomic E-state index is 0.149. The molecule has 0 saturated carbocycles. The maximum Gasteiger partial charge on any atom is 0.191 e. The maximum absolute atomic E-state index is 14.7. The summed E-state index contributed by atoms with van der Waals surface area (Å²) in [7, 11) is 0. The van der Waals surface area contributed by atoms with Gasteiger partial charge in [-0.25, -0.2) is 9.38 Å². The summed E-state index contributed by atoms with van der Waals surface area (Å²) < 4.78 is 14.7. The molecular weight excluding hydrogens is 373 g/mol. The van der Waals surface area contributed by atoms with Crippen LogP contribution in [0.5, 0.6) is 0 Å². The molecule has 0 bridgehead atoms. The normalized spacial score (nSPS) is 15.7. The molecule has 1 aromatic heterocycles. The van der Waals surface area contributed by atoms with Crippen molar-refractivity contribution in [2.24, 2.45) is 4.99 Å². The number of hydrogen-bond acceptors (Lipinski definition) is 4. The molecule has 2 heterocycles. The number of thiophene rings is 1. The Morgan fingerprint density at radius 2 is 1.93 bits per heavy atom. The summed E-state index contributed by atoms with van der Waals surface area (Å²) in [6.45, 7) is 11.0. The van der Waals surface area contributed by atoms with Crippen LogP contribution in [0.4, 0.5) is 10.1 Å². The smallest absolute Gasteiger partial charge is 0.191 e. The lowest BCUT2D eigenvalue weighted by Gasteiger charge is -2.35. The number of halogens is 1. The average Bonchev–Trinajstić information content (AvgIpc) is 3.24. The maximum atomic E-state index is 14.7. The van der Waals surface area contributed by atoms with E-state index in [4.69, 9.17) is 0 Å². The minimum atomic E-state index is -0.149. The molecule has 1 aliphatic rings. The summed E-state index contributed by atoms with van der Waals surface area (Å²) in [6.07, 6.45) is 0. The summed E-state index contributed by atoms with van der Waals surface area (Å²) in [5.74, 6) is 0.596. The molecule has 3 rings (SSSR count). The van der Waals surface area contributed by atoms with E-state index in [0.29, 0.717) is 18.8 Å². The first kappa shape index (κ1) is 20.6. The van der Waals surface area contributed by atoms with Gasteiger partial charge in [0.05, 0.1) is 12.2 Å². The molecule has 152 valence electrons. The standard InChI is InChI=1S/C21H30FN5S/c1-3-23-21(25-15-18-7-12-28-16-18)24-14-17-5-6-20(19(22)13-17)27-10-8-26(4-2)9-11-27/h5-7,12-13,16H,3-4,8-11,14-15H2,1-2H3,(H2,23,24,25). The Morgan fingerprint density at radius 1 is 1.11 bits per heavy atom. The van der Waals surface area contributed by atoms with Gasteiger partial charge in [-0.1, -0.05) is 13.0 Å². The molecule has 0 spiro atoms. The third-order valence-corrected chi connectivity index (χ3v) is 5.71. The molecule has 28 heavy (non-hydrogen) atoms. The number of anilines is 1. The fourth-order valence-electron chi connectivity index (χ4n) is 3.30. The lowest BCUT2D eigenvalue weighted by molar-refractivity contribution is 0.270. The van der Waals surface area contributed by atoms with E-state index < -0.39 is 0 Å². The molecule has 1 saturated heterocycles. The molecule has 1 aliphatic heterocycles. The van der Waals surface area contributed by atoms with Crippen molar-refractivity contribution in [3.8, 4) is 0 Å². The largest absolute Gasteiger partial charge is 0.367 e. The van der Waals surface area contributed by atoms with Crippen molar-refractivity contribution in [1.29, 1.82) is 0 Å². The lowest BCUT2D eigenvalue weighted by atomic mass is 10.1. The zero-order valence-corrected chi connectivity index (χ0v) is 17.6. The molecule has 0 atom stereocenters. The summed E-state index contributed by atoms with van der Waals surface area (Å²) >= 11 is 1.67. The molecule has 5 nitrogen and oxygen atoms in total. The lowest BCUT2D eigenvalue weighted by Crippen LogP contribution is -2.46. The number of nitrogens with one attached hydrogen (secondary N) is 2. The van der Waals surface area contributed by atoms with Crippen LogP contribution >= 0.6 is 11.3 Å². The van der Waals surface area contributed by atoms with Crippen molar-refractivity contribution in [1.82, 2.24) is 15.5 Å². The summed E-state index contributed by atoms with van der Waals surface area (Å²) in [5, 5.41) is 10.7. The number of guanidine groups is 1. The van der Waals surface area contributed by atoms with Crippen LogP contribution < -0.4 is 15.5 Å². The Hall–Kier alpha value is -2.12. The van der Waals surface area contributed by atoms with Crippen LogP contribution in [-0.4, -0.2) is 50.1 Å². The highest BCUT2D eigenvalue weighted by Gasteiger charge is 2.18. The summed E-state index contributed by atoms with van der Waals surface area (Å²) in [4.78, 5) is 9.13. The Kier molecular flexibility index (Phi) is 7.68. The zero-order chi connectivity index (χ0) is 19.8. The molecule has 0 amide bonds. The molecule has 0 radical (unpaired) electrons.